The maximum Gasteiger partial charge on any atom is 0.397 e. The highest BCUT2D eigenvalue weighted by molar-refractivity contribution is 6.36. The van der Waals surface area contributed by atoms with Gasteiger partial charge < -0.3 is 10.1 Å². The van der Waals surface area contributed by atoms with Gasteiger partial charge in [-0.3, -0.25) is 19.3 Å². The van der Waals surface area contributed by atoms with Crippen LogP contribution < -0.4 is 5.32 Å². The van der Waals surface area contributed by atoms with Crippen molar-refractivity contribution >= 4 is 29.4 Å². The summed E-state index contributed by atoms with van der Waals surface area (Å²) < 4.78 is 4.68. The highest BCUT2D eigenvalue weighted by Crippen LogP contribution is 2.23. The number of benzene rings is 2. The third kappa shape index (κ3) is 4.14. The highest BCUT2D eigenvalue weighted by Gasteiger charge is 2.33. The lowest BCUT2D eigenvalue weighted by Crippen LogP contribution is -2.45. The molecule has 0 atom stereocenters. The van der Waals surface area contributed by atoms with Crippen molar-refractivity contribution in [3.8, 4) is 6.07 Å². The van der Waals surface area contributed by atoms with Crippen LogP contribution in [-0.4, -0.2) is 41.7 Å². The van der Waals surface area contributed by atoms with Crippen molar-refractivity contribution in [3.05, 3.63) is 64.7 Å². The van der Waals surface area contributed by atoms with Crippen LogP contribution in [0, 0.1) is 11.3 Å². The van der Waals surface area contributed by atoms with Crippen molar-refractivity contribution in [2.45, 2.75) is 13.3 Å². The second-order valence-corrected chi connectivity index (χ2v) is 6.25. The van der Waals surface area contributed by atoms with E-state index in [1.54, 1.807) is 19.1 Å². The third-order valence-electron chi connectivity index (χ3n) is 4.42. The molecular formula is C21H17N3O5. The first-order chi connectivity index (χ1) is 13.9. The van der Waals surface area contributed by atoms with Gasteiger partial charge in [0.15, 0.2) is 0 Å². The number of carbonyl (C=O) groups is 4. The number of fused-ring (bicyclic) bond motifs is 1. The van der Waals surface area contributed by atoms with Gasteiger partial charge >= 0.3 is 11.9 Å². The predicted molar refractivity (Wildman–Crippen MR) is 102 cm³/mol. The molecule has 1 heterocycles. The number of carbonyl (C=O) groups excluding carboxylic acids is 4. The molecule has 0 aliphatic carbocycles. The quantitative estimate of drug-likeness (QED) is 0.631. The molecule has 1 N–H and O–H groups in total. The van der Waals surface area contributed by atoms with Crippen LogP contribution in [0.25, 0.3) is 0 Å². The second kappa shape index (κ2) is 8.35. The minimum atomic E-state index is -1.07. The lowest BCUT2D eigenvalue weighted by molar-refractivity contribution is -0.158. The summed E-state index contributed by atoms with van der Waals surface area (Å²) in [5.74, 6) is -3.10. The van der Waals surface area contributed by atoms with Crippen molar-refractivity contribution in [2.75, 3.05) is 18.5 Å². The zero-order valence-corrected chi connectivity index (χ0v) is 15.6. The van der Waals surface area contributed by atoms with E-state index < -0.39 is 23.7 Å². The molecule has 3 amide bonds. The standard InChI is InChI=1S/C21H17N3O5/c1-2-29-21(28)20(27)24-10-9-14-7-8-16(11-17(14)19(24)26)23-18(25)15-5-3-13(12-22)4-6-15/h3-8,11H,2,9-10H2,1H3,(H,23,25). The number of amides is 3. The first-order valence-electron chi connectivity index (χ1n) is 8.92. The van der Waals surface area contributed by atoms with E-state index in [1.165, 1.54) is 30.3 Å². The van der Waals surface area contributed by atoms with Crippen LogP contribution in [0.4, 0.5) is 5.69 Å². The first-order valence-corrected chi connectivity index (χ1v) is 8.92. The van der Waals surface area contributed by atoms with Gasteiger partial charge in [0.2, 0.25) is 0 Å². The van der Waals surface area contributed by atoms with Crippen molar-refractivity contribution in [1.82, 2.24) is 4.90 Å². The summed E-state index contributed by atoms with van der Waals surface area (Å²) in [6.45, 7) is 1.69. The summed E-state index contributed by atoms with van der Waals surface area (Å²) >= 11 is 0. The van der Waals surface area contributed by atoms with E-state index >= 15 is 0 Å². The summed E-state index contributed by atoms with van der Waals surface area (Å²) in [5.41, 5.74) is 2.13. The second-order valence-electron chi connectivity index (χ2n) is 6.25. The van der Waals surface area contributed by atoms with Gasteiger partial charge in [-0.05, 0) is 55.3 Å². The zero-order chi connectivity index (χ0) is 21.0. The fraction of sp³-hybridized carbons (Fsp3) is 0.190. The van der Waals surface area contributed by atoms with Gasteiger partial charge in [-0.25, -0.2) is 4.79 Å². The van der Waals surface area contributed by atoms with Crippen molar-refractivity contribution in [1.29, 1.82) is 5.26 Å². The van der Waals surface area contributed by atoms with Crippen LogP contribution in [0.15, 0.2) is 42.5 Å². The summed E-state index contributed by atoms with van der Waals surface area (Å²) in [6, 6.07) is 12.9. The van der Waals surface area contributed by atoms with Crippen molar-refractivity contribution in [2.24, 2.45) is 0 Å². The summed E-state index contributed by atoms with van der Waals surface area (Å²) in [7, 11) is 0. The predicted octanol–water partition coefficient (Wildman–Crippen LogP) is 1.90. The monoisotopic (exact) mass is 391 g/mol. The van der Waals surface area contributed by atoms with E-state index in [0.29, 0.717) is 23.2 Å². The Morgan fingerprint density at radius 1 is 1.17 bits per heavy atom. The highest BCUT2D eigenvalue weighted by atomic mass is 16.5. The fourth-order valence-electron chi connectivity index (χ4n) is 2.95. The molecule has 8 nitrogen and oxygen atoms in total. The maximum atomic E-state index is 12.7. The zero-order valence-electron chi connectivity index (χ0n) is 15.6. The van der Waals surface area contributed by atoms with Crippen LogP contribution in [0.2, 0.25) is 0 Å². The molecule has 29 heavy (non-hydrogen) atoms. The number of imide groups is 1. The molecule has 146 valence electrons. The Balaban J connectivity index is 1.79. The average molecular weight is 391 g/mol. The molecule has 0 saturated carbocycles. The molecular weight excluding hydrogens is 374 g/mol. The van der Waals surface area contributed by atoms with Crippen LogP contribution in [0.3, 0.4) is 0 Å². The van der Waals surface area contributed by atoms with E-state index in [1.807, 2.05) is 6.07 Å². The van der Waals surface area contributed by atoms with Crippen LogP contribution in [-0.2, 0) is 20.7 Å². The lowest BCUT2D eigenvalue weighted by Gasteiger charge is -2.26. The molecule has 0 aromatic heterocycles. The number of nitrogens with one attached hydrogen (secondary N) is 1. The molecule has 3 rings (SSSR count). The Morgan fingerprint density at radius 3 is 2.55 bits per heavy atom. The number of nitrogens with zero attached hydrogens (tertiary/aromatic N) is 2. The largest absolute Gasteiger partial charge is 0.459 e. The lowest BCUT2D eigenvalue weighted by atomic mass is 9.98. The van der Waals surface area contributed by atoms with Crippen LogP contribution in [0.1, 0.15) is 38.8 Å². The Hall–Kier alpha value is -3.99. The van der Waals surface area contributed by atoms with E-state index in [0.717, 1.165) is 10.5 Å². The van der Waals surface area contributed by atoms with Crippen LogP contribution in [0.5, 0.6) is 0 Å². The summed E-state index contributed by atoms with van der Waals surface area (Å²) in [5, 5.41) is 11.5. The Morgan fingerprint density at radius 2 is 1.90 bits per heavy atom. The van der Waals surface area contributed by atoms with Crippen molar-refractivity contribution < 1.29 is 23.9 Å². The number of hydrogen-bond donors (Lipinski definition) is 1. The Kier molecular flexibility index (Phi) is 5.69. The number of nitriles is 1. The van der Waals surface area contributed by atoms with E-state index in [9.17, 15) is 19.2 Å². The molecule has 0 fully saturated rings. The SMILES string of the molecule is CCOC(=O)C(=O)N1CCc2ccc(NC(=O)c3ccc(C#N)cc3)cc2C1=O. The molecule has 1 aliphatic heterocycles. The molecule has 0 spiro atoms. The molecule has 0 saturated heterocycles. The van der Waals surface area contributed by atoms with Crippen molar-refractivity contribution in [3.63, 3.8) is 0 Å². The molecule has 0 bridgehead atoms. The number of hydrogen-bond acceptors (Lipinski definition) is 6. The van der Waals surface area contributed by atoms with Gasteiger partial charge in [0.1, 0.15) is 0 Å². The molecule has 0 unspecified atom stereocenters. The van der Waals surface area contributed by atoms with Gasteiger partial charge in [0.05, 0.1) is 18.2 Å². The number of esters is 1. The summed E-state index contributed by atoms with van der Waals surface area (Å²) in [6.07, 6.45) is 0.399. The Labute approximate surface area is 166 Å². The smallest absolute Gasteiger partial charge is 0.397 e. The third-order valence-corrected chi connectivity index (χ3v) is 4.42. The number of anilines is 1. The van der Waals surface area contributed by atoms with Gasteiger partial charge in [0, 0.05) is 23.4 Å². The van der Waals surface area contributed by atoms with Gasteiger partial charge in [-0.15, -0.1) is 0 Å². The van der Waals surface area contributed by atoms with Gasteiger partial charge in [-0.2, -0.15) is 5.26 Å². The molecule has 2 aromatic carbocycles. The normalized spacial score (nSPS) is 12.6. The van der Waals surface area contributed by atoms with Gasteiger partial charge in [0.25, 0.3) is 11.8 Å². The number of rotatable bonds is 3. The van der Waals surface area contributed by atoms with E-state index in [-0.39, 0.29) is 18.7 Å². The number of ether oxygens (including phenoxy) is 1. The maximum absolute atomic E-state index is 12.7. The minimum Gasteiger partial charge on any atom is -0.459 e. The molecule has 2 aromatic rings. The molecule has 1 aliphatic rings. The van der Waals surface area contributed by atoms with E-state index in [2.05, 4.69) is 10.1 Å². The van der Waals surface area contributed by atoms with Gasteiger partial charge in [-0.1, -0.05) is 6.07 Å². The Bertz CT molecular complexity index is 1040. The fourth-order valence-corrected chi connectivity index (χ4v) is 2.95. The van der Waals surface area contributed by atoms with E-state index in [4.69, 9.17) is 5.26 Å². The van der Waals surface area contributed by atoms with Crippen LogP contribution >= 0.6 is 0 Å². The molecule has 0 radical (unpaired) electrons. The molecule has 8 heteroatoms. The summed E-state index contributed by atoms with van der Waals surface area (Å²) in [4.78, 5) is 49.8. The topological polar surface area (TPSA) is 117 Å². The minimum absolute atomic E-state index is 0.0364. The average Bonchev–Trinajstić information content (AvgIpc) is 2.74. The first kappa shape index (κ1) is 19.8.